The van der Waals surface area contributed by atoms with Crippen molar-refractivity contribution in [3.05, 3.63) is 0 Å². The average molecular weight is 182 g/mol. The Kier molecular flexibility index (Phi) is 2.08. The van der Waals surface area contributed by atoms with E-state index in [1.807, 2.05) is 0 Å². The van der Waals surface area contributed by atoms with Gasteiger partial charge in [-0.2, -0.15) is 8.42 Å². The van der Waals surface area contributed by atoms with Crippen molar-refractivity contribution in [2.45, 2.75) is 6.42 Å². The van der Waals surface area contributed by atoms with Crippen molar-refractivity contribution in [3.8, 4) is 0 Å². The van der Waals surface area contributed by atoms with Crippen molar-refractivity contribution >= 4 is 23.4 Å². The fourth-order valence-electron chi connectivity index (χ4n) is 0.620. The van der Waals surface area contributed by atoms with Crippen molar-refractivity contribution in [2.24, 2.45) is 0 Å². The quantitative estimate of drug-likeness (QED) is 0.505. The molecule has 1 fully saturated rings. The average Bonchev–Trinajstić information content (AvgIpc) is 1.78. The van der Waals surface area contributed by atoms with E-state index in [0.717, 1.165) is 0 Å². The molecule has 0 bridgehead atoms. The summed E-state index contributed by atoms with van der Waals surface area (Å²) in [5.41, 5.74) is 0. The number of hydrogen-bond acceptors (Lipinski definition) is 4. The third kappa shape index (κ3) is 1.54. The Bertz CT molecular complexity index is 244. The molecule has 0 saturated carbocycles. The predicted molar refractivity (Wildman–Crippen MR) is 37.3 cm³/mol. The van der Waals surface area contributed by atoms with Crippen molar-refractivity contribution < 1.29 is 17.2 Å². The van der Waals surface area contributed by atoms with Crippen LogP contribution in [0.3, 0.4) is 0 Å². The van der Waals surface area contributed by atoms with E-state index < -0.39 is 23.4 Å². The second kappa shape index (κ2) is 2.57. The minimum atomic E-state index is -3.82. The summed E-state index contributed by atoms with van der Waals surface area (Å²) in [4.78, 5) is 10.6. The van der Waals surface area contributed by atoms with Crippen LogP contribution in [0.5, 0.6) is 0 Å². The maximum Gasteiger partial charge on any atom is 0.334 e. The van der Waals surface area contributed by atoms with Crippen LogP contribution in [0.2, 0.25) is 0 Å². The Morgan fingerprint density at radius 2 is 2.20 bits per heavy atom. The summed E-state index contributed by atoms with van der Waals surface area (Å²) in [6.45, 7) is 1.69. The van der Waals surface area contributed by atoms with E-state index in [9.17, 15) is 13.2 Å². The molecule has 1 aliphatic heterocycles. The van der Waals surface area contributed by atoms with Crippen LogP contribution in [0.1, 0.15) is 6.42 Å². The minimum absolute atomic E-state index is 0.116. The molecule has 0 radical (unpaired) electrons. The fraction of sp³-hybridized carbons (Fsp3) is 0.750. The molecule has 0 aliphatic carbocycles. The molecule has 10 heavy (non-hydrogen) atoms. The predicted octanol–water partition coefficient (Wildman–Crippen LogP) is 0.290. The Balaban J connectivity index is 2.84. The summed E-state index contributed by atoms with van der Waals surface area (Å²) in [6, 6.07) is 0. The van der Waals surface area contributed by atoms with E-state index in [1.54, 1.807) is 6.66 Å². The Labute approximate surface area is 60.5 Å². The van der Waals surface area contributed by atoms with E-state index in [2.05, 4.69) is 3.97 Å². The van der Waals surface area contributed by atoms with Gasteiger partial charge in [0.1, 0.15) is 0 Å². The third-order valence-electron chi connectivity index (χ3n) is 1.14. The summed E-state index contributed by atoms with van der Waals surface area (Å²) in [6.07, 6.45) is 0.679. The van der Waals surface area contributed by atoms with Crippen LogP contribution in [0, 0.1) is 0 Å². The van der Waals surface area contributed by atoms with Crippen LogP contribution < -0.4 is 0 Å². The molecule has 4 nitrogen and oxygen atoms in total. The van der Waals surface area contributed by atoms with Gasteiger partial charge in [0.25, 0.3) is 5.12 Å². The molecule has 1 atom stereocenters. The standard InChI is InChI=1S/C4H7O4PS/c1-9-3-2-4(5)10(6,7)8-9/h2-3H2,1H3. The summed E-state index contributed by atoms with van der Waals surface area (Å²) >= 11 is 0. The number of rotatable bonds is 0. The largest absolute Gasteiger partial charge is 0.334 e. The smallest absolute Gasteiger partial charge is 0.279 e. The van der Waals surface area contributed by atoms with Crippen LogP contribution >= 0.6 is 8.15 Å². The minimum Gasteiger partial charge on any atom is -0.279 e. The lowest BCUT2D eigenvalue weighted by Crippen LogP contribution is -2.21. The molecule has 58 valence electrons. The molecule has 0 aromatic heterocycles. The van der Waals surface area contributed by atoms with E-state index in [-0.39, 0.29) is 6.42 Å². The van der Waals surface area contributed by atoms with Gasteiger partial charge in [-0.15, -0.1) is 0 Å². The van der Waals surface area contributed by atoms with Gasteiger partial charge in [-0.05, 0) is 6.66 Å². The van der Waals surface area contributed by atoms with Crippen molar-refractivity contribution in [2.75, 3.05) is 12.8 Å². The Morgan fingerprint density at radius 1 is 1.60 bits per heavy atom. The van der Waals surface area contributed by atoms with Gasteiger partial charge >= 0.3 is 10.1 Å². The zero-order valence-electron chi connectivity index (χ0n) is 5.40. The van der Waals surface area contributed by atoms with Gasteiger partial charge in [0, 0.05) is 20.7 Å². The summed E-state index contributed by atoms with van der Waals surface area (Å²) < 4.78 is 25.7. The van der Waals surface area contributed by atoms with Gasteiger partial charge in [0.2, 0.25) is 0 Å². The number of hydrogen-bond donors (Lipinski definition) is 0. The molecule has 0 aromatic rings. The molecule has 1 heterocycles. The van der Waals surface area contributed by atoms with E-state index in [4.69, 9.17) is 0 Å². The van der Waals surface area contributed by atoms with Gasteiger partial charge < -0.3 is 0 Å². The first-order chi connectivity index (χ1) is 4.52. The monoisotopic (exact) mass is 182 g/mol. The van der Waals surface area contributed by atoms with E-state index >= 15 is 0 Å². The molecule has 0 spiro atoms. The maximum absolute atomic E-state index is 10.6. The molecular weight excluding hydrogens is 175 g/mol. The lowest BCUT2D eigenvalue weighted by Gasteiger charge is -2.15. The van der Waals surface area contributed by atoms with Crippen LogP contribution in [0.4, 0.5) is 0 Å². The molecule has 1 aliphatic rings. The topological polar surface area (TPSA) is 60.4 Å². The summed E-state index contributed by atoms with van der Waals surface area (Å²) in [7, 11) is -4.74. The second-order valence-electron chi connectivity index (χ2n) is 2.00. The zero-order valence-corrected chi connectivity index (χ0v) is 7.11. The molecule has 0 N–H and O–H groups in total. The summed E-state index contributed by atoms with van der Waals surface area (Å²) in [5.74, 6) is 0. The highest BCUT2D eigenvalue weighted by molar-refractivity contribution is 8.05. The summed E-state index contributed by atoms with van der Waals surface area (Å²) in [5, 5.41) is -0.784. The van der Waals surface area contributed by atoms with Crippen LogP contribution in [0.25, 0.3) is 0 Å². The van der Waals surface area contributed by atoms with Gasteiger partial charge in [-0.3, -0.25) is 4.79 Å². The van der Waals surface area contributed by atoms with Crippen molar-refractivity contribution in [1.29, 1.82) is 0 Å². The first-order valence-corrected chi connectivity index (χ1v) is 6.01. The maximum atomic E-state index is 10.6. The lowest BCUT2D eigenvalue weighted by molar-refractivity contribution is -0.112. The Morgan fingerprint density at radius 3 is 2.60 bits per heavy atom. The van der Waals surface area contributed by atoms with Crippen LogP contribution in [0.15, 0.2) is 0 Å². The third-order valence-corrected chi connectivity index (χ3v) is 4.55. The van der Waals surface area contributed by atoms with Crippen LogP contribution in [-0.2, 0) is 18.9 Å². The van der Waals surface area contributed by atoms with Crippen molar-refractivity contribution in [1.82, 2.24) is 0 Å². The van der Waals surface area contributed by atoms with E-state index in [1.165, 1.54) is 0 Å². The van der Waals surface area contributed by atoms with Crippen molar-refractivity contribution in [3.63, 3.8) is 0 Å². The number of carbonyl (C=O) groups excluding carboxylic acids is 1. The van der Waals surface area contributed by atoms with Gasteiger partial charge in [0.05, 0.1) is 0 Å². The van der Waals surface area contributed by atoms with E-state index in [0.29, 0.717) is 6.16 Å². The van der Waals surface area contributed by atoms with Crippen LogP contribution in [-0.4, -0.2) is 26.4 Å². The zero-order chi connectivity index (χ0) is 7.78. The first kappa shape index (κ1) is 8.11. The van der Waals surface area contributed by atoms with Gasteiger partial charge in [0.15, 0.2) is 0 Å². The fourth-order valence-corrected chi connectivity index (χ4v) is 3.61. The first-order valence-electron chi connectivity index (χ1n) is 2.71. The lowest BCUT2D eigenvalue weighted by atomic mass is 10.5. The molecule has 6 heteroatoms. The SMILES string of the molecule is CP1CCC(=O)S(=O)(=O)O1. The highest BCUT2D eigenvalue weighted by Gasteiger charge is 2.31. The normalized spacial score (nSPS) is 32.1. The molecule has 0 amide bonds. The highest BCUT2D eigenvalue weighted by atomic mass is 32.2. The van der Waals surface area contributed by atoms with Gasteiger partial charge in [-0.1, -0.05) is 0 Å². The molecular formula is C4H7O4PS. The molecule has 1 saturated heterocycles. The number of carbonyl (C=O) groups is 1. The molecule has 1 rings (SSSR count). The Hall–Kier alpha value is 0.01000. The highest BCUT2D eigenvalue weighted by Crippen LogP contribution is 2.39. The molecule has 1 unspecified atom stereocenters. The van der Waals surface area contributed by atoms with Gasteiger partial charge in [-0.25, -0.2) is 3.97 Å². The molecule has 0 aromatic carbocycles. The second-order valence-corrected chi connectivity index (χ2v) is 5.67.